The van der Waals surface area contributed by atoms with Crippen LogP contribution in [0.25, 0.3) is 33.4 Å². The van der Waals surface area contributed by atoms with Crippen LogP contribution < -0.4 is 4.74 Å². The lowest BCUT2D eigenvalue weighted by Gasteiger charge is -2.30. The second-order valence-electron chi connectivity index (χ2n) is 14.1. The number of hydrogen-bond acceptors (Lipinski definition) is 6. The molecule has 2 aliphatic carbocycles. The Morgan fingerprint density at radius 2 is 1.96 bits per heavy atom. The van der Waals surface area contributed by atoms with Crippen molar-refractivity contribution in [2.24, 2.45) is 20.0 Å². The fraction of sp³-hybridized carbons (Fsp3) is 0.359. The Morgan fingerprint density at radius 3 is 2.69 bits per heavy atom. The molecule has 9 nitrogen and oxygen atoms in total. The number of allylic oxidation sites excluding steroid dienone is 5. The minimum Gasteiger partial charge on any atom is -0.490 e. The van der Waals surface area contributed by atoms with Crippen LogP contribution in [0, 0.1) is 18.7 Å². The van der Waals surface area contributed by atoms with Crippen molar-refractivity contribution in [2.75, 3.05) is 6.61 Å². The summed E-state index contributed by atoms with van der Waals surface area (Å²) in [6.45, 7) is 11.8. The Hall–Kier alpha value is -5.05. The lowest BCUT2D eigenvalue weighted by atomic mass is 9.82. The molecule has 2 aromatic carbocycles. The molecule has 49 heavy (non-hydrogen) atoms. The van der Waals surface area contributed by atoms with Crippen molar-refractivity contribution < 1.29 is 23.8 Å². The zero-order valence-electron chi connectivity index (χ0n) is 29.1. The molecule has 7 rings (SSSR count). The molecule has 0 bridgehead atoms. The van der Waals surface area contributed by atoms with Crippen molar-refractivity contribution in [2.45, 2.75) is 66.1 Å². The number of carboxylic acids is 1. The number of ether oxygens (including phenoxy) is 2. The Morgan fingerprint density at radius 1 is 1.18 bits per heavy atom. The van der Waals surface area contributed by atoms with E-state index in [1.165, 1.54) is 6.07 Å². The molecule has 2 aromatic heterocycles. The maximum absolute atomic E-state index is 15.9. The number of nitrogens with zero attached hydrogens (tertiary/aromatic N) is 5. The van der Waals surface area contributed by atoms with Crippen molar-refractivity contribution in [3.63, 3.8) is 0 Å². The van der Waals surface area contributed by atoms with E-state index in [2.05, 4.69) is 17.8 Å². The number of aliphatic carboxylic acids is 1. The molecule has 0 saturated carbocycles. The second-order valence-corrected chi connectivity index (χ2v) is 14.1. The summed E-state index contributed by atoms with van der Waals surface area (Å²) in [5, 5.41) is 20.8. The number of aryl methyl sites for hydroxylation is 2. The summed E-state index contributed by atoms with van der Waals surface area (Å²) in [6, 6.07) is 7.52. The summed E-state index contributed by atoms with van der Waals surface area (Å²) in [5.74, 6) is -0.219. The van der Waals surface area contributed by atoms with Crippen LogP contribution in [-0.2, 0) is 30.0 Å². The Balaban J connectivity index is 1.44. The molecule has 1 unspecified atom stereocenters. The van der Waals surface area contributed by atoms with Gasteiger partial charge < -0.3 is 14.6 Å². The van der Waals surface area contributed by atoms with Gasteiger partial charge in [0, 0.05) is 47.7 Å². The van der Waals surface area contributed by atoms with E-state index in [-0.39, 0.29) is 11.7 Å². The van der Waals surface area contributed by atoms with E-state index in [0.717, 1.165) is 50.7 Å². The highest BCUT2D eigenvalue weighted by atomic mass is 19.1. The van der Waals surface area contributed by atoms with Crippen molar-refractivity contribution in [3.8, 4) is 17.1 Å². The average Bonchev–Trinajstić information content (AvgIpc) is 3.69. The molecule has 10 heteroatoms. The molecule has 4 aromatic rings. The number of fused-ring (bicyclic) bond motifs is 2. The minimum atomic E-state index is -1.34. The van der Waals surface area contributed by atoms with Crippen LogP contribution in [-0.4, -0.2) is 53.9 Å². The van der Waals surface area contributed by atoms with Gasteiger partial charge in [-0.05, 0) is 117 Å². The van der Waals surface area contributed by atoms with Gasteiger partial charge >= 0.3 is 5.97 Å². The zero-order valence-corrected chi connectivity index (χ0v) is 29.1. The van der Waals surface area contributed by atoms with Crippen LogP contribution >= 0.6 is 0 Å². The normalized spacial score (nSPS) is 18.3. The van der Waals surface area contributed by atoms with Gasteiger partial charge in [-0.25, -0.2) is 18.9 Å². The van der Waals surface area contributed by atoms with Gasteiger partial charge in [0.1, 0.15) is 0 Å². The number of aromatic nitrogens is 5. The van der Waals surface area contributed by atoms with Gasteiger partial charge in [-0.2, -0.15) is 10.2 Å². The van der Waals surface area contributed by atoms with Gasteiger partial charge in [0.2, 0.25) is 0 Å². The van der Waals surface area contributed by atoms with Crippen molar-refractivity contribution in [1.82, 2.24) is 24.5 Å². The summed E-state index contributed by atoms with van der Waals surface area (Å²) in [5.41, 5.74) is 11.0. The molecule has 0 amide bonds. The molecule has 3 aliphatic rings. The largest absolute Gasteiger partial charge is 0.490 e. The van der Waals surface area contributed by atoms with Crippen LogP contribution in [0.5, 0.6) is 5.75 Å². The monoisotopic (exact) mass is 661 g/mol. The fourth-order valence-electron chi connectivity index (χ4n) is 7.22. The maximum Gasteiger partial charge on any atom is 0.337 e. The summed E-state index contributed by atoms with van der Waals surface area (Å²) in [7, 11) is 3.78. The smallest absolute Gasteiger partial charge is 0.337 e. The molecule has 0 radical (unpaired) electrons. The molecule has 0 spiro atoms. The molecular formula is C39H40FN5O4. The number of carbonyl (C=O) groups is 1. The predicted molar refractivity (Wildman–Crippen MR) is 186 cm³/mol. The first-order valence-electron chi connectivity index (χ1n) is 16.6. The lowest BCUT2D eigenvalue weighted by Crippen LogP contribution is -2.35. The highest BCUT2D eigenvalue weighted by molar-refractivity contribution is 5.98. The van der Waals surface area contributed by atoms with E-state index in [4.69, 9.17) is 19.6 Å². The summed E-state index contributed by atoms with van der Waals surface area (Å²) in [6.07, 6.45) is 5.89. The quantitative estimate of drug-likeness (QED) is 0.216. The number of halogens is 1. The molecule has 1 aliphatic heterocycles. The first-order chi connectivity index (χ1) is 23.2. The van der Waals surface area contributed by atoms with E-state index >= 15 is 4.39 Å². The molecule has 3 heterocycles. The van der Waals surface area contributed by atoms with Crippen molar-refractivity contribution >= 4 is 28.0 Å². The molecular weight excluding hydrogens is 621 g/mol. The topological polar surface area (TPSA) is 104 Å². The minimum absolute atomic E-state index is 0.154. The van der Waals surface area contributed by atoms with Gasteiger partial charge in [0.15, 0.2) is 29.3 Å². The van der Waals surface area contributed by atoms with E-state index in [1.807, 2.05) is 89.9 Å². The molecule has 2 atom stereocenters. The van der Waals surface area contributed by atoms with Crippen LogP contribution in [0.4, 0.5) is 4.39 Å². The fourth-order valence-corrected chi connectivity index (χ4v) is 7.22. The maximum atomic E-state index is 15.9. The first-order valence-corrected chi connectivity index (χ1v) is 16.6. The van der Waals surface area contributed by atoms with Gasteiger partial charge in [0.05, 0.1) is 23.9 Å². The highest BCUT2D eigenvalue weighted by Gasteiger charge is 2.38. The van der Waals surface area contributed by atoms with E-state index in [0.29, 0.717) is 47.0 Å². The van der Waals surface area contributed by atoms with Crippen LogP contribution in [0.2, 0.25) is 0 Å². The van der Waals surface area contributed by atoms with Crippen molar-refractivity contribution in [1.29, 1.82) is 0 Å². The summed E-state index contributed by atoms with van der Waals surface area (Å²) < 4.78 is 31.6. The van der Waals surface area contributed by atoms with E-state index in [9.17, 15) is 9.90 Å². The van der Waals surface area contributed by atoms with Crippen LogP contribution in [0.3, 0.4) is 0 Å². The number of benzene rings is 2. The third-order valence-electron chi connectivity index (χ3n) is 9.62. The zero-order chi connectivity index (χ0) is 34.9. The number of rotatable bonds is 6. The Bertz CT molecular complexity index is 2240. The van der Waals surface area contributed by atoms with Crippen LogP contribution in [0.15, 0.2) is 70.6 Å². The molecule has 0 fully saturated rings. The Labute approximate surface area is 284 Å². The standard InChI is InChI=1S/C39H40FN5O4/c1-20-11-13-25-21(2)28(37-42-36(43-45(37)8)23-12-14-31-24(16-23)19-41-44(31)7)17-29(25)33(32(20)35(38(46)47)49-39(4,5)6)27-18-30(40)34-26(22(27)3)10-9-15-48-34/h12-14,16-19,21,35H,9-10,15H2,1-8H3,(H,46,47)/t21?,35-/m0/s1. The van der Waals surface area contributed by atoms with Gasteiger partial charge in [0.25, 0.3) is 0 Å². The molecule has 252 valence electrons. The van der Waals surface area contributed by atoms with Crippen molar-refractivity contribution in [3.05, 3.63) is 99.0 Å². The third-order valence-corrected chi connectivity index (χ3v) is 9.62. The Kier molecular flexibility index (Phi) is 7.84. The summed E-state index contributed by atoms with van der Waals surface area (Å²) in [4.78, 5) is 18.1. The van der Waals surface area contributed by atoms with Gasteiger partial charge in [-0.15, -0.1) is 5.73 Å². The van der Waals surface area contributed by atoms with E-state index in [1.54, 1.807) is 4.68 Å². The summed E-state index contributed by atoms with van der Waals surface area (Å²) >= 11 is 0. The van der Waals surface area contributed by atoms with Gasteiger partial charge in [-0.1, -0.05) is 6.92 Å². The highest BCUT2D eigenvalue weighted by Crippen LogP contribution is 2.49. The second kappa shape index (κ2) is 11.8. The lowest BCUT2D eigenvalue weighted by molar-refractivity contribution is -0.155. The average molecular weight is 662 g/mol. The SMILES string of the molecule is CC1=C=CC2=C(C=C(c3nc(-c4ccc5c(cnn5C)c4)nn3C)C2C)C(c2cc(F)c3c(c2C)CCCO3)=C1[C@H](OC(C)(C)C)C(=O)O. The predicted octanol–water partition coefficient (Wildman–Crippen LogP) is 7.31. The van der Waals surface area contributed by atoms with Crippen LogP contribution in [0.1, 0.15) is 63.6 Å². The van der Waals surface area contributed by atoms with E-state index < -0.39 is 23.5 Å². The number of carboxylic acid groups (broad SMARTS) is 1. The molecule has 1 N–H and O–H groups in total. The molecule has 0 saturated heterocycles. The van der Waals surface area contributed by atoms with Gasteiger partial charge in [-0.3, -0.25) is 4.68 Å². The number of hydrogen-bond donors (Lipinski definition) is 1. The first kappa shape index (κ1) is 32.5. The third kappa shape index (κ3) is 5.55.